The first-order valence-electron chi connectivity index (χ1n) is 5.77. The average Bonchev–Trinajstić information content (AvgIpc) is 2.20. The van der Waals surface area contributed by atoms with Crippen LogP contribution in [0.25, 0.3) is 0 Å². The van der Waals surface area contributed by atoms with Crippen molar-refractivity contribution in [2.45, 2.75) is 25.8 Å². The molecule has 0 aliphatic carbocycles. The molecule has 1 rings (SSSR count). The van der Waals surface area contributed by atoms with Crippen LogP contribution in [0.2, 0.25) is 0 Å². The van der Waals surface area contributed by atoms with E-state index in [0.29, 0.717) is 6.04 Å². The largest absolute Gasteiger partial charge is 0.375 e. The number of carbonyl (C=O) groups is 1. The van der Waals surface area contributed by atoms with Crippen LogP contribution in [0.15, 0.2) is 12.2 Å². The molecule has 1 saturated heterocycles. The minimum atomic E-state index is -0.0131. The number of rotatable bonds is 5. The number of piperidine rings is 1. The van der Waals surface area contributed by atoms with Crippen LogP contribution in [0.5, 0.6) is 0 Å². The Bertz CT molecular complexity index is 245. The maximum Gasteiger partial charge on any atom is 0.246 e. The molecule has 4 heteroatoms. The minimum Gasteiger partial charge on any atom is -0.375 e. The normalized spacial score (nSPS) is 18.4. The van der Waals surface area contributed by atoms with Crippen LogP contribution in [0.3, 0.4) is 0 Å². The summed E-state index contributed by atoms with van der Waals surface area (Å²) < 4.78 is 4.78. The van der Waals surface area contributed by atoms with Gasteiger partial charge in [-0.3, -0.25) is 9.69 Å². The highest BCUT2D eigenvalue weighted by atomic mass is 16.5. The van der Waals surface area contributed by atoms with E-state index >= 15 is 0 Å². The molecule has 1 amide bonds. The predicted octanol–water partition coefficient (Wildman–Crippen LogP) is 0.789. The van der Waals surface area contributed by atoms with Gasteiger partial charge in [-0.25, -0.2) is 0 Å². The summed E-state index contributed by atoms with van der Waals surface area (Å²) in [5, 5.41) is 2.98. The van der Waals surface area contributed by atoms with Gasteiger partial charge in [0.1, 0.15) is 6.61 Å². The van der Waals surface area contributed by atoms with Crippen LogP contribution in [-0.4, -0.2) is 50.2 Å². The first-order valence-corrected chi connectivity index (χ1v) is 5.77. The number of likely N-dealkylation sites (tertiary alicyclic amines) is 1. The molecule has 1 heterocycles. The monoisotopic (exact) mass is 226 g/mol. The highest BCUT2D eigenvalue weighted by molar-refractivity contribution is 5.77. The smallest absolute Gasteiger partial charge is 0.246 e. The molecule has 0 saturated carbocycles. The fourth-order valence-electron chi connectivity index (χ4n) is 2.02. The molecule has 1 aliphatic rings. The molecule has 0 unspecified atom stereocenters. The standard InChI is InChI=1S/C12H22N2O2/c1-10(2)8-14-6-4-11(5-7-14)13-12(15)9-16-3/h11H,1,4-9H2,2-3H3,(H,13,15). The zero-order chi connectivity index (χ0) is 12.0. The van der Waals surface area contributed by atoms with Crippen molar-refractivity contribution in [1.29, 1.82) is 0 Å². The van der Waals surface area contributed by atoms with Crippen molar-refractivity contribution in [1.82, 2.24) is 10.2 Å². The Hall–Kier alpha value is -0.870. The number of carbonyl (C=O) groups excluding carboxylic acids is 1. The van der Waals surface area contributed by atoms with Gasteiger partial charge in [-0.1, -0.05) is 12.2 Å². The number of ether oxygens (including phenoxy) is 1. The van der Waals surface area contributed by atoms with Crippen molar-refractivity contribution < 1.29 is 9.53 Å². The summed E-state index contributed by atoms with van der Waals surface area (Å²) in [6.45, 7) is 9.16. The Labute approximate surface area is 97.6 Å². The number of nitrogens with one attached hydrogen (secondary N) is 1. The SMILES string of the molecule is C=C(C)CN1CCC(NC(=O)COC)CC1. The third kappa shape index (κ3) is 4.77. The summed E-state index contributed by atoms with van der Waals surface area (Å²) in [7, 11) is 1.54. The van der Waals surface area contributed by atoms with E-state index < -0.39 is 0 Å². The Kier molecular flexibility index (Phi) is 5.49. The maximum atomic E-state index is 11.3. The van der Waals surface area contributed by atoms with Gasteiger partial charge in [0.25, 0.3) is 0 Å². The van der Waals surface area contributed by atoms with Crippen molar-refractivity contribution in [3.63, 3.8) is 0 Å². The predicted molar refractivity (Wildman–Crippen MR) is 64.3 cm³/mol. The fraction of sp³-hybridized carbons (Fsp3) is 0.750. The van der Waals surface area contributed by atoms with E-state index in [-0.39, 0.29) is 12.5 Å². The Balaban J connectivity index is 2.21. The van der Waals surface area contributed by atoms with E-state index in [1.54, 1.807) is 0 Å². The van der Waals surface area contributed by atoms with E-state index in [2.05, 4.69) is 16.8 Å². The van der Waals surface area contributed by atoms with E-state index in [9.17, 15) is 4.79 Å². The zero-order valence-corrected chi connectivity index (χ0v) is 10.3. The van der Waals surface area contributed by atoms with Gasteiger partial charge in [-0.05, 0) is 19.8 Å². The van der Waals surface area contributed by atoms with Gasteiger partial charge in [0.15, 0.2) is 0 Å². The lowest BCUT2D eigenvalue weighted by Crippen LogP contribution is -2.45. The topological polar surface area (TPSA) is 41.6 Å². The van der Waals surface area contributed by atoms with Crippen LogP contribution in [0.1, 0.15) is 19.8 Å². The highest BCUT2D eigenvalue weighted by Gasteiger charge is 2.20. The molecule has 0 aromatic rings. The highest BCUT2D eigenvalue weighted by Crippen LogP contribution is 2.11. The average molecular weight is 226 g/mol. The molecular formula is C12H22N2O2. The molecule has 0 bridgehead atoms. The number of nitrogens with zero attached hydrogens (tertiary/aromatic N) is 1. The van der Waals surface area contributed by atoms with Gasteiger partial charge >= 0.3 is 0 Å². The second-order valence-electron chi connectivity index (χ2n) is 4.51. The van der Waals surface area contributed by atoms with Crippen LogP contribution < -0.4 is 5.32 Å². The molecule has 92 valence electrons. The molecular weight excluding hydrogens is 204 g/mol. The van der Waals surface area contributed by atoms with Gasteiger partial charge in [-0.2, -0.15) is 0 Å². The molecule has 1 aliphatic heterocycles. The third-order valence-electron chi connectivity index (χ3n) is 2.72. The Morgan fingerprint density at radius 1 is 1.50 bits per heavy atom. The van der Waals surface area contributed by atoms with Crippen LogP contribution in [0.4, 0.5) is 0 Å². The summed E-state index contributed by atoms with van der Waals surface area (Å²) >= 11 is 0. The second-order valence-corrected chi connectivity index (χ2v) is 4.51. The van der Waals surface area contributed by atoms with Gasteiger partial charge in [0.05, 0.1) is 0 Å². The summed E-state index contributed by atoms with van der Waals surface area (Å²) in [6.07, 6.45) is 2.03. The van der Waals surface area contributed by atoms with E-state index in [1.807, 2.05) is 6.92 Å². The van der Waals surface area contributed by atoms with Gasteiger partial charge in [-0.15, -0.1) is 0 Å². The van der Waals surface area contributed by atoms with Gasteiger partial charge < -0.3 is 10.1 Å². The molecule has 16 heavy (non-hydrogen) atoms. The molecule has 4 nitrogen and oxygen atoms in total. The van der Waals surface area contributed by atoms with Crippen molar-refractivity contribution in [3.05, 3.63) is 12.2 Å². The Morgan fingerprint density at radius 3 is 2.62 bits per heavy atom. The molecule has 0 aromatic carbocycles. The molecule has 0 atom stereocenters. The second kappa shape index (κ2) is 6.66. The van der Waals surface area contributed by atoms with Crippen molar-refractivity contribution in [2.75, 3.05) is 33.4 Å². The van der Waals surface area contributed by atoms with Crippen molar-refractivity contribution in [3.8, 4) is 0 Å². The lowest BCUT2D eigenvalue weighted by Gasteiger charge is -2.32. The summed E-state index contributed by atoms with van der Waals surface area (Å²) in [5.74, 6) is -0.0131. The molecule has 0 spiro atoms. The lowest BCUT2D eigenvalue weighted by atomic mass is 10.0. The molecule has 0 radical (unpaired) electrons. The lowest BCUT2D eigenvalue weighted by molar-refractivity contribution is -0.125. The van der Waals surface area contributed by atoms with E-state index in [1.165, 1.54) is 12.7 Å². The summed E-state index contributed by atoms with van der Waals surface area (Å²) in [6, 6.07) is 0.309. The molecule has 1 N–H and O–H groups in total. The molecule has 0 aromatic heterocycles. The minimum absolute atomic E-state index is 0.0131. The van der Waals surface area contributed by atoms with E-state index in [0.717, 1.165) is 32.5 Å². The first-order chi connectivity index (χ1) is 7.61. The van der Waals surface area contributed by atoms with Crippen molar-refractivity contribution >= 4 is 5.91 Å². The fourth-order valence-corrected chi connectivity index (χ4v) is 2.02. The Morgan fingerprint density at radius 2 is 2.12 bits per heavy atom. The third-order valence-corrected chi connectivity index (χ3v) is 2.72. The van der Waals surface area contributed by atoms with Crippen LogP contribution in [0, 0.1) is 0 Å². The van der Waals surface area contributed by atoms with Gasteiger partial charge in [0.2, 0.25) is 5.91 Å². The quantitative estimate of drug-likeness (QED) is 0.705. The van der Waals surface area contributed by atoms with Gasteiger partial charge in [0, 0.05) is 32.8 Å². The number of hydrogen-bond donors (Lipinski definition) is 1. The number of hydrogen-bond acceptors (Lipinski definition) is 3. The van der Waals surface area contributed by atoms with Crippen LogP contribution >= 0.6 is 0 Å². The molecule has 1 fully saturated rings. The van der Waals surface area contributed by atoms with Crippen molar-refractivity contribution in [2.24, 2.45) is 0 Å². The van der Waals surface area contributed by atoms with Crippen LogP contribution in [-0.2, 0) is 9.53 Å². The number of methoxy groups -OCH3 is 1. The summed E-state index contributed by atoms with van der Waals surface area (Å²) in [5.41, 5.74) is 1.20. The zero-order valence-electron chi connectivity index (χ0n) is 10.3. The summed E-state index contributed by atoms with van der Waals surface area (Å²) in [4.78, 5) is 13.7. The number of amides is 1. The van der Waals surface area contributed by atoms with E-state index in [4.69, 9.17) is 4.74 Å². The maximum absolute atomic E-state index is 11.3. The first kappa shape index (κ1) is 13.2.